The van der Waals surface area contributed by atoms with Crippen LogP contribution in [-0.2, 0) is 9.53 Å². The first kappa shape index (κ1) is 13.3. The molecule has 2 heteroatoms. The number of hydrogen-bond donors (Lipinski definition) is 0. The van der Waals surface area contributed by atoms with E-state index >= 15 is 0 Å². The molecule has 0 aliphatic heterocycles. The first-order valence-electron chi connectivity index (χ1n) is 6.61. The van der Waals surface area contributed by atoms with Gasteiger partial charge in [0, 0.05) is 5.57 Å². The zero-order chi connectivity index (χ0) is 11.8. The third-order valence-corrected chi connectivity index (χ3v) is 3.32. The minimum absolute atomic E-state index is 0.114. The van der Waals surface area contributed by atoms with Gasteiger partial charge < -0.3 is 4.74 Å². The fraction of sp³-hybridized carbons (Fsp3) is 0.786. The molecule has 0 atom stereocenters. The van der Waals surface area contributed by atoms with Crippen LogP contribution < -0.4 is 0 Å². The van der Waals surface area contributed by atoms with E-state index in [9.17, 15) is 4.79 Å². The molecule has 1 aliphatic carbocycles. The minimum atomic E-state index is -0.114. The van der Waals surface area contributed by atoms with E-state index in [1.165, 1.54) is 44.1 Å². The summed E-state index contributed by atoms with van der Waals surface area (Å²) >= 11 is 0. The van der Waals surface area contributed by atoms with Gasteiger partial charge in [0.15, 0.2) is 0 Å². The van der Waals surface area contributed by atoms with Crippen LogP contribution >= 0.6 is 0 Å². The first-order chi connectivity index (χ1) is 7.75. The summed E-state index contributed by atoms with van der Waals surface area (Å²) in [6, 6.07) is 0. The van der Waals surface area contributed by atoms with Crippen LogP contribution in [0.15, 0.2) is 11.1 Å². The molecule has 0 heterocycles. The predicted octanol–water partition coefficient (Wildman–Crippen LogP) is 4.00. The molecule has 1 rings (SSSR count). The Labute approximate surface area is 99.1 Å². The summed E-state index contributed by atoms with van der Waals surface area (Å²) in [5.74, 6) is -0.114. The topological polar surface area (TPSA) is 26.3 Å². The van der Waals surface area contributed by atoms with E-state index in [4.69, 9.17) is 4.74 Å². The third-order valence-electron chi connectivity index (χ3n) is 3.32. The monoisotopic (exact) mass is 224 g/mol. The Balaban J connectivity index is 2.63. The highest BCUT2D eigenvalue weighted by atomic mass is 16.5. The molecule has 0 unspecified atom stereocenters. The van der Waals surface area contributed by atoms with Crippen molar-refractivity contribution in [2.75, 3.05) is 6.61 Å². The molecule has 0 amide bonds. The lowest BCUT2D eigenvalue weighted by molar-refractivity contribution is -0.138. The highest BCUT2D eigenvalue weighted by molar-refractivity contribution is 5.88. The normalized spacial score (nSPS) is 18.2. The maximum absolute atomic E-state index is 11.6. The van der Waals surface area contributed by atoms with Gasteiger partial charge in [0.25, 0.3) is 0 Å². The summed E-state index contributed by atoms with van der Waals surface area (Å²) in [5, 5.41) is 0. The largest absolute Gasteiger partial charge is 0.463 e. The second-order valence-electron chi connectivity index (χ2n) is 4.57. The second-order valence-corrected chi connectivity index (χ2v) is 4.57. The van der Waals surface area contributed by atoms with Gasteiger partial charge in [-0.1, -0.05) is 31.3 Å². The summed E-state index contributed by atoms with van der Waals surface area (Å²) in [6.07, 6.45) is 9.95. The van der Waals surface area contributed by atoms with Gasteiger partial charge in [0.05, 0.1) is 6.61 Å². The molecule has 0 radical (unpaired) electrons. The van der Waals surface area contributed by atoms with Gasteiger partial charge in [-0.05, 0) is 39.5 Å². The lowest BCUT2D eigenvalue weighted by Crippen LogP contribution is -2.08. The summed E-state index contributed by atoms with van der Waals surface area (Å²) in [4.78, 5) is 11.6. The number of carbonyl (C=O) groups is 1. The van der Waals surface area contributed by atoms with Crippen LogP contribution in [0.5, 0.6) is 0 Å². The summed E-state index contributed by atoms with van der Waals surface area (Å²) in [5.41, 5.74) is 2.20. The van der Waals surface area contributed by atoms with Gasteiger partial charge in [-0.25, -0.2) is 4.79 Å². The van der Waals surface area contributed by atoms with Crippen molar-refractivity contribution in [3.05, 3.63) is 11.1 Å². The van der Waals surface area contributed by atoms with E-state index in [2.05, 4.69) is 0 Å². The van der Waals surface area contributed by atoms with Gasteiger partial charge in [-0.2, -0.15) is 0 Å². The molecule has 2 nitrogen and oxygen atoms in total. The summed E-state index contributed by atoms with van der Waals surface area (Å²) in [7, 11) is 0. The third kappa shape index (κ3) is 4.38. The molecule has 92 valence electrons. The van der Waals surface area contributed by atoms with Crippen LogP contribution in [-0.4, -0.2) is 12.6 Å². The molecule has 0 spiro atoms. The quantitative estimate of drug-likeness (QED) is 0.523. The molecule has 0 aromatic carbocycles. The molecule has 1 aliphatic rings. The zero-order valence-electron chi connectivity index (χ0n) is 10.7. The maximum atomic E-state index is 11.6. The van der Waals surface area contributed by atoms with Crippen LogP contribution in [0.2, 0.25) is 0 Å². The number of hydrogen-bond acceptors (Lipinski definition) is 2. The van der Waals surface area contributed by atoms with Crippen LogP contribution in [0.25, 0.3) is 0 Å². The molecular weight excluding hydrogens is 200 g/mol. The first-order valence-corrected chi connectivity index (χ1v) is 6.61. The van der Waals surface area contributed by atoms with Crippen molar-refractivity contribution in [1.29, 1.82) is 0 Å². The Morgan fingerprint density at radius 3 is 2.06 bits per heavy atom. The van der Waals surface area contributed by atoms with Crippen molar-refractivity contribution in [3.8, 4) is 0 Å². The molecule has 1 fully saturated rings. The molecule has 0 bridgehead atoms. The van der Waals surface area contributed by atoms with E-state index in [0.29, 0.717) is 6.61 Å². The number of rotatable bonds is 2. The fourth-order valence-electron chi connectivity index (χ4n) is 2.27. The average Bonchev–Trinajstić information content (AvgIpc) is 2.41. The standard InChI is InChI=1S/C14H24O2/c1-3-16-14(15)12(2)13-10-8-6-4-5-7-9-11-13/h3-11H2,1-2H3. The van der Waals surface area contributed by atoms with Crippen molar-refractivity contribution in [2.45, 2.75) is 65.2 Å². The van der Waals surface area contributed by atoms with E-state index in [-0.39, 0.29) is 5.97 Å². The van der Waals surface area contributed by atoms with Crippen molar-refractivity contribution in [3.63, 3.8) is 0 Å². The molecular formula is C14H24O2. The Morgan fingerprint density at radius 1 is 1.06 bits per heavy atom. The highest BCUT2D eigenvalue weighted by Gasteiger charge is 2.12. The van der Waals surface area contributed by atoms with Crippen LogP contribution in [0.4, 0.5) is 0 Å². The summed E-state index contributed by atoms with van der Waals surface area (Å²) < 4.78 is 5.06. The Morgan fingerprint density at radius 2 is 1.56 bits per heavy atom. The Hall–Kier alpha value is -0.790. The van der Waals surface area contributed by atoms with E-state index in [1.54, 1.807) is 0 Å². The number of allylic oxidation sites excluding steroid dienone is 1. The molecule has 1 saturated carbocycles. The van der Waals surface area contributed by atoms with Crippen LogP contribution in [0.3, 0.4) is 0 Å². The van der Waals surface area contributed by atoms with Crippen molar-refractivity contribution >= 4 is 5.97 Å². The van der Waals surface area contributed by atoms with E-state index in [0.717, 1.165) is 18.4 Å². The maximum Gasteiger partial charge on any atom is 0.333 e. The summed E-state index contributed by atoms with van der Waals surface area (Å²) in [6.45, 7) is 4.26. The van der Waals surface area contributed by atoms with Crippen molar-refractivity contribution in [2.24, 2.45) is 0 Å². The van der Waals surface area contributed by atoms with E-state index in [1.807, 2.05) is 13.8 Å². The van der Waals surface area contributed by atoms with Gasteiger partial charge in [-0.15, -0.1) is 0 Å². The molecule has 16 heavy (non-hydrogen) atoms. The minimum Gasteiger partial charge on any atom is -0.463 e. The SMILES string of the molecule is CCOC(=O)C(C)=C1CCCCCCCC1. The lowest BCUT2D eigenvalue weighted by atomic mass is 9.99. The van der Waals surface area contributed by atoms with Crippen molar-refractivity contribution in [1.82, 2.24) is 0 Å². The van der Waals surface area contributed by atoms with E-state index < -0.39 is 0 Å². The van der Waals surface area contributed by atoms with Gasteiger partial charge in [0.2, 0.25) is 0 Å². The van der Waals surface area contributed by atoms with Gasteiger partial charge in [0.1, 0.15) is 0 Å². The Bertz CT molecular complexity index is 241. The zero-order valence-corrected chi connectivity index (χ0v) is 10.7. The molecule has 0 N–H and O–H groups in total. The van der Waals surface area contributed by atoms with Gasteiger partial charge in [-0.3, -0.25) is 0 Å². The molecule has 0 saturated heterocycles. The molecule has 0 aromatic heterocycles. The Kier molecular flexibility index (Phi) is 6.20. The number of ether oxygens (including phenoxy) is 1. The average molecular weight is 224 g/mol. The van der Waals surface area contributed by atoms with Crippen LogP contribution in [0.1, 0.15) is 65.2 Å². The molecule has 0 aromatic rings. The smallest absolute Gasteiger partial charge is 0.333 e. The predicted molar refractivity (Wildman–Crippen MR) is 66.3 cm³/mol. The number of carbonyl (C=O) groups excluding carboxylic acids is 1. The second kappa shape index (κ2) is 7.48. The highest BCUT2D eigenvalue weighted by Crippen LogP contribution is 2.24. The fourth-order valence-corrected chi connectivity index (χ4v) is 2.27. The lowest BCUT2D eigenvalue weighted by Gasteiger charge is -2.10. The number of esters is 1. The van der Waals surface area contributed by atoms with Crippen molar-refractivity contribution < 1.29 is 9.53 Å². The van der Waals surface area contributed by atoms with Crippen LogP contribution in [0, 0.1) is 0 Å². The van der Waals surface area contributed by atoms with Gasteiger partial charge >= 0.3 is 5.97 Å².